The third kappa shape index (κ3) is 3.59. The summed E-state index contributed by atoms with van der Waals surface area (Å²) in [7, 11) is -3.44. The molecule has 0 bridgehead atoms. The van der Waals surface area contributed by atoms with Gasteiger partial charge in [0.15, 0.2) is 21.5 Å². The molecule has 0 aliphatic carbocycles. The molecule has 0 spiro atoms. The summed E-state index contributed by atoms with van der Waals surface area (Å²) in [6, 6.07) is 16.2. The number of carboxylic acids is 1. The summed E-state index contributed by atoms with van der Waals surface area (Å²) in [6.07, 6.45) is 0.280. The van der Waals surface area contributed by atoms with Crippen LogP contribution in [0.3, 0.4) is 0 Å². The molecule has 142 valence electrons. The lowest BCUT2D eigenvalue weighted by molar-refractivity contribution is -0.136. The summed E-state index contributed by atoms with van der Waals surface area (Å²) in [6.45, 7) is 0. The maximum absolute atomic E-state index is 12.5. The van der Waals surface area contributed by atoms with Gasteiger partial charge in [0.05, 0.1) is 17.9 Å². The van der Waals surface area contributed by atoms with E-state index in [4.69, 9.17) is 5.11 Å². The van der Waals surface area contributed by atoms with Gasteiger partial charge in [-0.1, -0.05) is 42.5 Å². The number of nitrogens with one attached hydrogen (secondary N) is 1. The monoisotopic (exact) mass is 395 g/mol. The topological polar surface area (TPSA) is 109 Å². The van der Waals surface area contributed by atoms with Crippen molar-refractivity contribution < 1.29 is 18.3 Å². The molecule has 0 unspecified atom stereocenters. The maximum atomic E-state index is 12.5. The lowest BCUT2D eigenvalue weighted by Crippen LogP contribution is -2.07. The lowest BCUT2D eigenvalue weighted by atomic mass is 10.1. The van der Waals surface area contributed by atoms with Gasteiger partial charge in [-0.25, -0.2) is 18.4 Å². The highest BCUT2D eigenvalue weighted by Gasteiger charge is 2.32. The van der Waals surface area contributed by atoms with Crippen molar-refractivity contribution in [2.75, 3.05) is 11.1 Å². The number of fused-ring (bicyclic) bond motifs is 1. The number of anilines is 2. The largest absolute Gasteiger partial charge is 0.481 e. The van der Waals surface area contributed by atoms with E-state index in [1.54, 1.807) is 24.3 Å². The molecule has 2 N–H and O–H groups in total. The van der Waals surface area contributed by atoms with Crippen molar-refractivity contribution in [2.24, 2.45) is 0 Å². The average Bonchev–Trinajstić information content (AvgIpc) is 2.99. The number of sulfone groups is 1. The van der Waals surface area contributed by atoms with Gasteiger partial charge < -0.3 is 10.4 Å². The fraction of sp³-hybridized carbons (Fsp3) is 0.150. The molecule has 8 heteroatoms. The molecule has 0 radical (unpaired) electrons. The smallest absolute Gasteiger partial charge is 0.307 e. The molecule has 0 saturated heterocycles. The molecule has 0 fully saturated rings. The van der Waals surface area contributed by atoms with E-state index in [-0.39, 0.29) is 22.9 Å². The Morgan fingerprint density at radius 2 is 1.75 bits per heavy atom. The van der Waals surface area contributed by atoms with Gasteiger partial charge in [0, 0.05) is 17.7 Å². The molecule has 4 rings (SSSR count). The van der Waals surface area contributed by atoms with Crippen LogP contribution >= 0.6 is 0 Å². The third-order valence-electron chi connectivity index (χ3n) is 4.46. The molecule has 7 nitrogen and oxygen atoms in total. The minimum atomic E-state index is -3.44. The number of aromatic nitrogens is 2. The molecule has 2 heterocycles. The molecule has 1 aliphatic heterocycles. The predicted molar refractivity (Wildman–Crippen MR) is 104 cm³/mol. The minimum absolute atomic E-state index is 0.0154. The first-order valence-corrected chi connectivity index (χ1v) is 10.3. The van der Waals surface area contributed by atoms with Crippen LogP contribution < -0.4 is 5.32 Å². The van der Waals surface area contributed by atoms with Gasteiger partial charge in [0.2, 0.25) is 0 Å². The predicted octanol–water partition coefficient (Wildman–Crippen LogP) is 2.84. The second kappa shape index (κ2) is 7.05. The molecule has 1 aromatic heterocycles. The molecule has 0 atom stereocenters. The normalized spacial score (nSPS) is 14.4. The van der Waals surface area contributed by atoms with Gasteiger partial charge in [-0.2, -0.15) is 0 Å². The number of benzene rings is 2. The van der Waals surface area contributed by atoms with Gasteiger partial charge in [-0.3, -0.25) is 4.79 Å². The van der Waals surface area contributed by atoms with E-state index in [9.17, 15) is 13.2 Å². The highest BCUT2D eigenvalue weighted by molar-refractivity contribution is 7.91. The zero-order valence-corrected chi connectivity index (χ0v) is 15.6. The Labute approximate surface area is 162 Å². The molecule has 28 heavy (non-hydrogen) atoms. The van der Waals surface area contributed by atoms with Gasteiger partial charge >= 0.3 is 5.97 Å². The Balaban J connectivity index is 1.75. The third-order valence-corrected chi connectivity index (χ3v) is 6.25. The van der Waals surface area contributed by atoms with Gasteiger partial charge in [-0.05, 0) is 17.7 Å². The van der Waals surface area contributed by atoms with Crippen LogP contribution in [-0.4, -0.2) is 35.2 Å². The SMILES string of the molecule is O=C(O)Cc1ccc(Nc2nc(-c3ccccc3)nc3c2S(=O)(=O)CC3)cc1. The Kier molecular flexibility index (Phi) is 4.56. The van der Waals surface area contributed by atoms with E-state index in [1.807, 2.05) is 30.3 Å². The first kappa shape index (κ1) is 18.1. The van der Waals surface area contributed by atoms with Crippen LogP contribution in [0.2, 0.25) is 0 Å². The average molecular weight is 395 g/mol. The molecular formula is C20H17N3O4S. The van der Waals surface area contributed by atoms with Crippen molar-refractivity contribution in [3.8, 4) is 11.4 Å². The van der Waals surface area contributed by atoms with E-state index in [0.29, 0.717) is 29.2 Å². The van der Waals surface area contributed by atoms with Crippen molar-refractivity contribution in [1.29, 1.82) is 0 Å². The Hall–Kier alpha value is -3.26. The van der Waals surface area contributed by atoms with Crippen LogP contribution in [0.25, 0.3) is 11.4 Å². The number of hydrogen-bond acceptors (Lipinski definition) is 6. The molecule has 2 aromatic carbocycles. The minimum Gasteiger partial charge on any atom is -0.481 e. The van der Waals surface area contributed by atoms with Gasteiger partial charge in [0.1, 0.15) is 4.90 Å². The number of aryl methyl sites for hydroxylation is 1. The van der Waals surface area contributed by atoms with Crippen LogP contribution in [0.1, 0.15) is 11.3 Å². The zero-order chi connectivity index (χ0) is 19.7. The van der Waals surface area contributed by atoms with Crippen molar-refractivity contribution in [2.45, 2.75) is 17.7 Å². The Bertz CT molecular complexity index is 1140. The standard InChI is InChI=1S/C20H17N3O4S/c24-17(25)12-13-6-8-15(9-7-13)21-20-18-16(10-11-28(18,26)27)22-19(23-20)14-4-2-1-3-5-14/h1-9H,10-12H2,(H,24,25)(H,21,22,23). The fourth-order valence-electron chi connectivity index (χ4n) is 3.14. The van der Waals surface area contributed by atoms with Crippen LogP contribution in [0, 0.1) is 0 Å². The maximum Gasteiger partial charge on any atom is 0.307 e. The zero-order valence-electron chi connectivity index (χ0n) is 14.8. The van der Waals surface area contributed by atoms with E-state index in [1.165, 1.54) is 0 Å². The number of nitrogens with zero attached hydrogens (tertiary/aromatic N) is 2. The Morgan fingerprint density at radius 3 is 2.43 bits per heavy atom. The summed E-state index contributed by atoms with van der Waals surface area (Å²) >= 11 is 0. The summed E-state index contributed by atoms with van der Waals surface area (Å²) < 4.78 is 25.0. The summed E-state index contributed by atoms with van der Waals surface area (Å²) in [5, 5.41) is 11.9. The van der Waals surface area contributed by atoms with Crippen molar-refractivity contribution in [3.63, 3.8) is 0 Å². The number of hydrogen-bond donors (Lipinski definition) is 2. The number of rotatable bonds is 5. The molecule has 1 aliphatic rings. The van der Waals surface area contributed by atoms with E-state index >= 15 is 0 Å². The van der Waals surface area contributed by atoms with Crippen LogP contribution in [0.5, 0.6) is 0 Å². The number of carbonyl (C=O) groups is 1. The fourth-order valence-corrected chi connectivity index (χ4v) is 4.71. The second-order valence-corrected chi connectivity index (χ2v) is 8.54. The summed E-state index contributed by atoms with van der Waals surface area (Å²) in [4.78, 5) is 19.9. The van der Waals surface area contributed by atoms with Crippen LogP contribution in [0.15, 0.2) is 59.5 Å². The quantitative estimate of drug-likeness (QED) is 0.684. The Morgan fingerprint density at radius 1 is 1.04 bits per heavy atom. The highest BCUT2D eigenvalue weighted by Crippen LogP contribution is 2.34. The van der Waals surface area contributed by atoms with Gasteiger partial charge in [-0.15, -0.1) is 0 Å². The van der Waals surface area contributed by atoms with Crippen molar-refractivity contribution in [3.05, 3.63) is 65.9 Å². The summed E-state index contributed by atoms with van der Waals surface area (Å²) in [5.74, 6) is -0.191. The van der Waals surface area contributed by atoms with E-state index in [2.05, 4.69) is 15.3 Å². The van der Waals surface area contributed by atoms with Crippen molar-refractivity contribution in [1.82, 2.24) is 9.97 Å². The first-order chi connectivity index (χ1) is 13.4. The van der Waals surface area contributed by atoms with Crippen LogP contribution in [0.4, 0.5) is 11.5 Å². The van der Waals surface area contributed by atoms with E-state index in [0.717, 1.165) is 5.56 Å². The van der Waals surface area contributed by atoms with Crippen molar-refractivity contribution >= 4 is 27.3 Å². The van der Waals surface area contributed by atoms with E-state index < -0.39 is 15.8 Å². The number of aliphatic carboxylic acids is 1. The molecule has 0 amide bonds. The number of carboxylic acid groups (broad SMARTS) is 1. The van der Waals surface area contributed by atoms with Crippen LogP contribution in [-0.2, 0) is 27.5 Å². The van der Waals surface area contributed by atoms with Gasteiger partial charge in [0.25, 0.3) is 0 Å². The first-order valence-electron chi connectivity index (χ1n) is 8.69. The lowest BCUT2D eigenvalue weighted by Gasteiger charge is -2.12. The highest BCUT2D eigenvalue weighted by atomic mass is 32.2. The second-order valence-electron chi connectivity index (χ2n) is 6.50. The molecule has 0 saturated carbocycles. The summed E-state index contributed by atoms with van der Waals surface area (Å²) in [5.41, 5.74) is 2.59. The molecular weight excluding hydrogens is 378 g/mol. The molecule has 3 aromatic rings.